The Labute approximate surface area is 207 Å². The first-order valence-electron chi connectivity index (χ1n) is 13.0. The molecule has 1 atom stereocenters. The van der Waals surface area contributed by atoms with Crippen molar-refractivity contribution in [2.45, 2.75) is 44.7 Å². The average Bonchev–Trinajstić information content (AvgIpc) is 3.02. The first-order chi connectivity index (χ1) is 17.2. The Morgan fingerprint density at radius 3 is 2.71 bits per heavy atom. The average molecular weight is 476 g/mol. The molecule has 3 N–H and O–H groups in total. The second kappa shape index (κ2) is 11.1. The number of carbonyl (C=O) groups excluding carboxylic acids is 1. The van der Waals surface area contributed by atoms with Crippen molar-refractivity contribution in [1.82, 2.24) is 14.4 Å². The third-order valence-electron chi connectivity index (χ3n) is 7.39. The highest BCUT2D eigenvalue weighted by Crippen LogP contribution is 2.35. The maximum Gasteiger partial charge on any atom is 0.317 e. The summed E-state index contributed by atoms with van der Waals surface area (Å²) in [5, 5.41) is 3.91. The third kappa shape index (κ3) is 5.63. The SMILES string of the molecule is NC(=O)Nc1cc2ccccc2n1CCCCN1CCCN(C2CCCOc3ccccc32)CC1. The van der Waals surface area contributed by atoms with Crippen LogP contribution in [0.2, 0.25) is 0 Å². The number of primary amides is 1. The van der Waals surface area contributed by atoms with Gasteiger partial charge in [0.15, 0.2) is 0 Å². The fourth-order valence-electron chi connectivity index (χ4n) is 5.69. The van der Waals surface area contributed by atoms with Gasteiger partial charge < -0.3 is 19.9 Å². The molecule has 7 heteroatoms. The Morgan fingerprint density at radius 2 is 1.80 bits per heavy atom. The van der Waals surface area contributed by atoms with Crippen LogP contribution in [0, 0.1) is 0 Å². The number of hydrogen-bond donors (Lipinski definition) is 2. The first kappa shape index (κ1) is 23.7. The molecule has 35 heavy (non-hydrogen) atoms. The van der Waals surface area contributed by atoms with Gasteiger partial charge in [0.1, 0.15) is 11.6 Å². The number of ether oxygens (including phenoxy) is 1. The number of anilines is 1. The van der Waals surface area contributed by atoms with E-state index in [-0.39, 0.29) is 0 Å². The van der Waals surface area contributed by atoms with Crippen LogP contribution in [-0.2, 0) is 6.54 Å². The summed E-state index contributed by atoms with van der Waals surface area (Å²) in [6, 6.07) is 18.8. The molecule has 0 radical (unpaired) electrons. The number of fused-ring (bicyclic) bond motifs is 2. The van der Waals surface area contributed by atoms with Gasteiger partial charge in [0.05, 0.1) is 6.61 Å². The van der Waals surface area contributed by atoms with Crippen LogP contribution in [-0.4, -0.2) is 59.7 Å². The van der Waals surface area contributed by atoms with Gasteiger partial charge in [-0.15, -0.1) is 0 Å². The molecule has 2 amide bonds. The monoisotopic (exact) mass is 475 g/mol. The van der Waals surface area contributed by atoms with Crippen LogP contribution < -0.4 is 15.8 Å². The highest BCUT2D eigenvalue weighted by molar-refractivity contribution is 5.92. The Kier molecular flexibility index (Phi) is 7.54. The van der Waals surface area contributed by atoms with E-state index in [9.17, 15) is 4.79 Å². The minimum Gasteiger partial charge on any atom is -0.493 e. The number of rotatable bonds is 7. The van der Waals surface area contributed by atoms with E-state index in [1.54, 1.807) is 0 Å². The van der Waals surface area contributed by atoms with Crippen LogP contribution in [0.1, 0.15) is 43.7 Å². The number of nitrogens with one attached hydrogen (secondary N) is 1. The molecule has 3 aromatic rings. The predicted octanol–water partition coefficient (Wildman–Crippen LogP) is 4.83. The number of para-hydroxylation sites is 2. The van der Waals surface area contributed by atoms with Crippen molar-refractivity contribution >= 4 is 22.8 Å². The second-order valence-corrected chi connectivity index (χ2v) is 9.71. The summed E-state index contributed by atoms with van der Waals surface area (Å²) in [6.45, 7) is 7.31. The molecule has 2 aliphatic rings. The smallest absolute Gasteiger partial charge is 0.317 e. The number of nitrogens with zero attached hydrogens (tertiary/aromatic N) is 3. The molecule has 5 rings (SSSR count). The Hall–Kier alpha value is -3.03. The minimum absolute atomic E-state index is 0.465. The molecular formula is C28H37N5O2. The quantitative estimate of drug-likeness (QED) is 0.480. The summed E-state index contributed by atoms with van der Waals surface area (Å²) in [6.07, 6.45) is 5.67. The lowest BCUT2D eigenvalue weighted by molar-refractivity contribution is 0.188. The maximum atomic E-state index is 11.5. The molecule has 0 bridgehead atoms. The van der Waals surface area contributed by atoms with Crippen molar-refractivity contribution < 1.29 is 9.53 Å². The molecule has 1 aromatic heterocycles. The largest absolute Gasteiger partial charge is 0.493 e. The fourth-order valence-corrected chi connectivity index (χ4v) is 5.69. The van der Waals surface area contributed by atoms with Crippen LogP contribution in [0.15, 0.2) is 54.6 Å². The van der Waals surface area contributed by atoms with Crippen LogP contribution in [0.5, 0.6) is 5.75 Å². The second-order valence-electron chi connectivity index (χ2n) is 9.71. The summed E-state index contributed by atoms with van der Waals surface area (Å²) < 4.78 is 8.18. The normalized spacial score (nSPS) is 19.5. The third-order valence-corrected chi connectivity index (χ3v) is 7.39. The van der Waals surface area contributed by atoms with E-state index in [4.69, 9.17) is 10.5 Å². The van der Waals surface area contributed by atoms with E-state index in [0.717, 1.165) is 87.6 Å². The summed E-state index contributed by atoms with van der Waals surface area (Å²) in [7, 11) is 0. The lowest BCUT2D eigenvalue weighted by Gasteiger charge is -2.30. The Balaban J connectivity index is 1.15. The van der Waals surface area contributed by atoms with E-state index in [2.05, 4.69) is 56.1 Å². The van der Waals surface area contributed by atoms with E-state index in [1.165, 1.54) is 18.4 Å². The van der Waals surface area contributed by atoms with Gasteiger partial charge in [-0.3, -0.25) is 10.2 Å². The summed E-state index contributed by atoms with van der Waals surface area (Å²) in [5.41, 5.74) is 7.89. The van der Waals surface area contributed by atoms with Gasteiger partial charge in [0.2, 0.25) is 0 Å². The van der Waals surface area contributed by atoms with E-state index < -0.39 is 6.03 Å². The number of amides is 2. The van der Waals surface area contributed by atoms with Crippen molar-refractivity contribution in [3.05, 3.63) is 60.2 Å². The number of unbranched alkanes of at least 4 members (excludes halogenated alkanes) is 1. The molecule has 0 spiro atoms. The van der Waals surface area contributed by atoms with Gasteiger partial charge in [-0.2, -0.15) is 0 Å². The number of aromatic nitrogens is 1. The van der Waals surface area contributed by atoms with Crippen LogP contribution in [0.25, 0.3) is 10.9 Å². The highest BCUT2D eigenvalue weighted by atomic mass is 16.5. The fraction of sp³-hybridized carbons (Fsp3) is 0.464. The lowest BCUT2D eigenvalue weighted by atomic mass is 10.00. The number of urea groups is 1. The van der Waals surface area contributed by atoms with Gasteiger partial charge in [0.25, 0.3) is 0 Å². The van der Waals surface area contributed by atoms with Gasteiger partial charge in [-0.25, -0.2) is 4.79 Å². The molecular weight excluding hydrogens is 438 g/mol. The molecule has 0 saturated carbocycles. The molecule has 2 aromatic carbocycles. The summed E-state index contributed by atoms with van der Waals surface area (Å²) in [4.78, 5) is 16.8. The first-order valence-corrected chi connectivity index (χ1v) is 13.0. The standard InChI is InChI=1S/C28H37N5O2/c29-28(34)30-27-21-22-9-1-3-11-24(22)33(27)17-6-5-14-31-15-8-16-32(19-18-31)25-12-7-20-35-26-13-4-2-10-23(25)26/h1-4,9-11,13,21,25H,5-8,12,14-20H2,(H3,29,30,34). The molecule has 3 heterocycles. The minimum atomic E-state index is -0.522. The van der Waals surface area contributed by atoms with Crippen LogP contribution in [0.4, 0.5) is 10.6 Å². The molecule has 1 fully saturated rings. The molecule has 2 aliphatic heterocycles. The zero-order valence-electron chi connectivity index (χ0n) is 20.5. The zero-order valence-corrected chi connectivity index (χ0v) is 20.5. The topological polar surface area (TPSA) is 75.8 Å². The van der Waals surface area contributed by atoms with Crippen molar-refractivity contribution in [2.75, 3.05) is 44.6 Å². The van der Waals surface area contributed by atoms with Crippen molar-refractivity contribution in [3.8, 4) is 5.75 Å². The van der Waals surface area contributed by atoms with E-state index in [0.29, 0.717) is 6.04 Å². The molecule has 7 nitrogen and oxygen atoms in total. The van der Waals surface area contributed by atoms with Gasteiger partial charge in [-0.05, 0) is 63.4 Å². The number of benzene rings is 2. The lowest BCUT2D eigenvalue weighted by Crippen LogP contribution is -2.34. The molecule has 0 aliphatic carbocycles. The molecule has 1 unspecified atom stereocenters. The molecule has 186 valence electrons. The van der Waals surface area contributed by atoms with Gasteiger partial charge in [-0.1, -0.05) is 36.4 Å². The van der Waals surface area contributed by atoms with Gasteiger partial charge in [0, 0.05) is 48.7 Å². The van der Waals surface area contributed by atoms with Crippen molar-refractivity contribution in [3.63, 3.8) is 0 Å². The van der Waals surface area contributed by atoms with Crippen molar-refractivity contribution in [2.24, 2.45) is 5.73 Å². The number of aryl methyl sites for hydroxylation is 1. The number of nitrogens with two attached hydrogens (primary N) is 1. The van der Waals surface area contributed by atoms with E-state index >= 15 is 0 Å². The van der Waals surface area contributed by atoms with Gasteiger partial charge >= 0.3 is 6.03 Å². The zero-order chi connectivity index (χ0) is 24.0. The van der Waals surface area contributed by atoms with Crippen molar-refractivity contribution in [1.29, 1.82) is 0 Å². The summed E-state index contributed by atoms with van der Waals surface area (Å²) >= 11 is 0. The molecule has 1 saturated heterocycles. The number of carbonyl (C=O) groups is 1. The Morgan fingerprint density at radius 1 is 0.971 bits per heavy atom. The van der Waals surface area contributed by atoms with E-state index in [1.807, 2.05) is 18.2 Å². The van der Waals surface area contributed by atoms with Crippen LogP contribution in [0.3, 0.4) is 0 Å². The predicted molar refractivity (Wildman–Crippen MR) is 141 cm³/mol. The number of hydrogen-bond acceptors (Lipinski definition) is 4. The Bertz CT molecular complexity index is 1140. The maximum absolute atomic E-state index is 11.5. The van der Waals surface area contributed by atoms with Crippen LogP contribution >= 0.6 is 0 Å². The summed E-state index contributed by atoms with van der Waals surface area (Å²) in [5.74, 6) is 1.84. The highest BCUT2D eigenvalue weighted by Gasteiger charge is 2.27.